The van der Waals surface area contributed by atoms with Gasteiger partial charge in [-0.25, -0.2) is 0 Å². The van der Waals surface area contributed by atoms with Gasteiger partial charge in [-0.05, 0) is 93.0 Å². The lowest BCUT2D eigenvalue weighted by Gasteiger charge is -2.05. The summed E-state index contributed by atoms with van der Waals surface area (Å²) in [5, 5.41) is 13.5. The molecule has 0 radical (unpaired) electrons. The number of hydrogen-bond acceptors (Lipinski definition) is 2. The number of rotatable bonds is 8. The predicted molar refractivity (Wildman–Crippen MR) is 103 cm³/mol. The lowest BCUT2D eigenvalue weighted by Crippen LogP contribution is -1.95. The lowest BCUT2D eigenvalue weighted by molar-refractivity contribution is 0.488. The first-order valence-corrected chi connectivity index (χ1v) is 8.87. The second kappa shape index (κ2) is 11.2. The molecule has 2 heteroatoms. The average Bonchev–Trinajstić information content (AvgIpc) is 3.05. The van der Waals surface area contributed by atoms with Crippen LogP contribution in [0.3, 0.4) is 0 Å². The molecule has 1 rings (SSSR count). The molecule has 0 spiro atoms. The van der Waals surface area contributed by atoms with Crippen molar-refractivity contribution in [2.75, 3.05) is 0 Å². The first-order valence-electron chi connectivity index (χ1n) is 8.87. The zero-order valence-electron chi connectivity index (χ0n) is 16.0. The molecule has 3 atom stereocenters. The van der Waals surface area contributed by atoms with Gasteiger partial charge in [0.15, 0.2) is 0 Å². The van der Waals surface area contributed by atoms with Crippen molar-refractivity contribution in [1.82, 2.24) is 0 Å². The van der Waals surface area contributed by atoms with Crippen LogP contribution in [0.2, 0.25) is 0 Å². The van der Waals surface area contributed by atoms with Crippen LogP contribution in [0.4, 0.5) is 0 Å². The topological polar surface area (TPSA) is 47.7 Å². The third-order valence-corrected chi connectivity index (χ3v) is 4.60. The SMILES string of the molecule is CC(C)=CCCC(C)C=C=N.CC(C=C=N)CCC1CC1(C)C. The Hall–Kier alpha value is -1.36. The van der Waals surface area contributed by atoms with E-state index < -0.39 is 0 Å². The van der Waals surface area contributed by atoms with Crippen molar-refractivity contribution in [1.29, 1.82) is 10.8 Å². The maximum absolute atomic E-state index is 6.81. The van der Waals surface area contributed by atoms with Crippen LogP contribution >= 0.6 is 0 Å². The Morgan fingerprint density at radius 2 is 1.57 bits per heavy atom. The normalized spacial score (nSPS) is 19.8. The molecule has 0 bridgehead atoms. The monoisotopic (exact) mass is 316 g/mol. The van der Waals surface area contributed by atoms with Gasteiger partial charge < -0.3 is 0 Å². The molecule has 0 aromatic rings. The molecule has 1 aliphatic carbocycles. The average molecular weight is 317 g/mol. The maximum atomic E-state index is 6.81. The van der Waals surface area contributed by atoms with E-state index in [1.54, 1.807) is 6.08 Å². The van der Waals surface area contributed by atoms with E-state index in [2.05, 4.69) is 59.4 Å². The standard InChI is InChI=1S/C11H19N.C10H17N/c1-9(6-7-12)4-5-10-8-11(10,2)3;1-9(2)5-4-6-10(3)7-8-11/h6,9-10,12H,4-5,8H2,1-3H3;5,7,10-11H,4,6H2,1-3H3. The third-order valence-electron chi connectivity index (χ3n) is 4.60. The minimum absolute atomic E-state index is 0.489. The van der Waals surface area contributed by atoms with Crippen molar-refractivity contribution in [3.63, 3.8) is 0 Å². The van der Waals surface area contributed by atoms with E-state index in [1.807, 2.05) is 6.08 Å². The molecule has 0 amide bonds. The number of hydrogen-bond donors (Lipinski definition) is 2. The summed E-state index contributed by atoms with van der Waals surface area (Å²) in [7, 11) is 0. The minimum Gasteiger partial charge on any atom is -0.259 e. The Balaban J connectivity index is 0.000000423. The van der Waals surface area contributed by atoms with Crippen LogP contribution in [0.25, 0.3) is 0 Å². The predicted octanol–water partition coefficient (Wildman–Crippen LogP) is 6.43. The smallest absolute Gasteiger partial charge is 0.0168 e. The van der Waals surface area contributed by atoms with E-state index in [0.29, 0.717) is 17.3 Å². The molecule has 23 heavy (non-hydrogen) atoms. The van der Waals surface area contributed by atoms with Crippen LogP contribution in [0.15, 0.2) is 23.8 Å². The first-order chi connectivity index (χ1) is 10.7. The summed E-state index contributed by atoms with van der Waals surface area (Å²) in [4.78, 5) is 0. The van der Waals surface area contributed by atoms with Gasteiger partial charge in [0.25, 0.3) is 0 Å². The summed E-state index contributed by atoms with van der Waals surface area (Å²) in [6, 6.07) is 0. The third kappa shape index (κ3) is 11.8. The van der Waals surface area contributed by atoms with Crippen molar-refractivity contribution in [2.24, 2.45) is 23.2 Å². The molecule has 1 fully saturated rings. The maximum Gasteiger partial charge on any atom is -0.0168 e. The Morgan fingerprint density at radius 3 is 1.96 bits per heavy atom. The van der Waals surface area contributed by atoms with Gasteiger partial charge in [0, 0.05) is 0 Å². The Kier molecular flexibility index (Phi) is 10.6. The fourth-order valence-corrected chi connectivity index (χ4v) is 2.62. The highest BCUT2D eigenvalue weighted by Gasteiger charge is 2.44. The van der Waals surface area contributed by atoms with Crippen LogP contribution < -0.4 is 0 Å². The van der Waals surface area contributed by atoms with Crippen molar-refractivity contribution in [3.8, 4) is 0 Å². The number of nitrogens with one attached hydrogen (secondary N) is 2. The zero-order valence-corrected chi connectivity index (χ0v) is 16.0. The fourth-order valence-electron chi connectivity index (χ4n) is 2.62. The van der Waals surface area contributed by atoms with Crippen molar-refractivity contribution in [3.05, 3.63) is 23.8 Å². The van der Waals surface area contributed by atoms with Gasteiger partial charge in [0.2, 0.25) is 0 Å². The van der Waals surface area contributed by atoms with E-state index in [4.69, 9.17) is 10.8 Å². The van der Waals surface area contributed by atoms with Gasteiger partial charge in [-0.3, -0.25) is 10.8 Å². The molecule has 0 aliphatic heterocycles. The molecule has 2 nitrogen and oxygen atoms in total. The molecule has 0 saturated heterocycles. The molecule has 0 heterocycles. The zero-order chi connectivity index (χ0) is 17.9. The van der Waals surface area contributed by atoms with Crippen LogP contribution in [-0.4, -0.2) is 11.7 Å². The Bertz CT molecular complexity index is 456. The molecule has 2 N–H and O–H groups in total. The van der Waals surface area contributed by atoms with E-state index >= 15 is 0 Å². The van der Waals surface area contributed by atoms with Crippen LogP contribution in [0.1, 0.15) is 73.6 Å². The van der Waals surface area contributed by atoms with Crippen LogP contribution in [0.5, 0.6) is 0 Å². The van der Waals surface area contributed by atoms with Gasteiger partial charge in [0.1, 0.15) is 0 Å². The van der Waals surface area contributed by atoms with Crippen molar-refractivity contribution < 1.29 is 0 Å². The summed E-state index contributed by atoms with van der Waals surface area (Å²) in [6.45, 7) is 13.2. The molecule has 1 saturated carbocycles. The van der Waals surface area contributed by atoms with Gasteiger partial charge >= 0.3 is 0 Å². The molecule has 130 valence electrons. The van der Waals surface area contributed by atoms with Gasteiger partial charge in [0.05, 0.1) is 0 Å². The summed E-state index contributed by atoms with van der Waals surface area (Å²) in [5.74, 6) is 6.64. The van der Waals surface area contributed by atoms with E-state index in [-0.39, 0.29) is 0 Å². The summed E-state index contributed by atoms with van der Waals surface area (Å²) >= 11 is 0. The quantitative estimate of drug-likeness (QED) is 0.383. The van der Waals surface area contributed by atoms with E-state index in [1.165, 1.54) is 24.8 Å². The summed E-state index contributed by atoms with van der Waals surface area (Å²) in [5.41, 5.74) is 1.99. The van der Waals surface area contributed by atoms with Gasteiger partial charge in [-0.2, -0.15) is 0 Å². The van der Waals surface area contributed by atoms with Crippen molar-refractivity contribution in [2.45, 2.75) is 73.6 Å². The van der Waals surface area contributed by atoms with E-state index in [9.17, 15) is 0 Å². The summed E-state index contributed by atoms with van der Waals surface area (Å²) in [6.07, 6.45) is 12.1. The van der Waals surface area contributed by atoms with E-state index in [0.717, 1.165) is 18.8 Å². The molecule has 3 unspecified atom stereocenters. The fraction of sp³-hybridized carbons (Fsp3) is 0.714. The highest BCUT2D eigenvalue weighted by Crippen LogP contribution is 2.54. The van der Waals surface area contributed by atoms with Crippen LogP contribution in [0, 0.1) is 34.0 Å². The first kappa shape index (κ1) is 21.6. The lowest BCUT2D eigenvalue weighted by atomic mass is 10.00. The van der Waals surface area contributed by atoms with Crippen LogP contribution in [-0.2, 0) is 0 Å². The molecule has 1 aliphatic rings. The minimum atomic E-state index is 0.489. The molecular weight excluding hydrogens is 280 g/mol. The Labute approximate surface area is 143 Å². The van der Waals surface area contributed by atoms with Gasteiger partial charge in [-0.15, -0.1) is 0 Å². The molecular formula is C21H36N2. The highest BCUT2D eigenvalue weighted by molar-refractivity contribution is 5.47. The molecule has 0 aromatic heterocycles. The molecule has 0 aromatic carbocycles. The number of allylic oxidation sites excluding steroid dienone is 4. The second-order valence-electron chi connectivity index (χ2n) is 7.90. The Morgan fingerprint density at radius 1 is 1.09 bits per heavy atom. The largest absolute Gasteiger partial charge is 0.259 e. The summed E-state index contributed by atoms with van der Waals surface area (Å²) < 4.78 is 0. The second-order valence-corrected chi connectivity index (χ2v) is 7.90. The highest BCUT2D eigenvalue weighted by atomic mass is 14.5. The van der Waals surface area contributed by atoms with Gasteiger partial charge in [-0.1, -0.05) is 39.3 Å². The van der Waals surface area contributed by atoms with Crippen molar-refractivity contribution >= 4 is 11.7 Å².